The fourth-order valence-corrected chi connectivity index (χ4v) is 2.55. The second-order valence-corrected chi connectivity index (χ2v) is 6.14. The lowest BCUT2D eigenvalue weighted by molar-refractivity contribution is 0.414. The highest BCUT2D eigenvalue weighted by Gasteiger charge is 2.13. The Bertz CT molecular complexity index is 769. The second-order valence-electron chi connectivity index (χ2n) is 4.47. The van der Waals surface area contributed by atoms with Crippen molar-refractivity contribution < 1.29 is 17.5 Å². The molecule has 0 saturated carbocycles. The molecule has 22 heavy (non-hydrogen) atoms. The summed E-state index contributed by atoms with van der Waals surface area (Å²) in [6.45, 7) is 1.63. The minimum absolute atomic E-state index is 0.0731. The van der Waals surface area contributed by atoms with Crippen molar-refractivity contribution in [1.29, 1.82) is 0 Å². The predicted molar refractivity (Wildman–Crippen MR) is 81.9 cm³/mol. The molecule has 1 N–H and O–H groups in total. The minimum Gasteiger partial charge on any atom is -0.497 e. The van der Waals surface area contributed by atoms with Crippen LogP contribution in [-0.2, 0) is 10.0 Å². The summed E-state index contributed by atoms with van der Waals surface area (Å²) in [5.41, 5.74) is 1.05. The van der Waals surface area contributed by atoms with Crippen molar-refractivity contribution in [3.05, 3.63) is 59.9 Å². The zero-order chi connectivity index (χ0) is 16.2. The Morgan fingerprint density at radius 2 is 1.68 bits per heavy atom. The summed E-state index contributed by atoms with van der Waals surface area (Å²) in [5, 5.41) is 3.84. The number of methoxy groups -OCH3 is 1. The summed E-state index contributed by atoms with van der Waals surface area (Å²) in [4.78, 5) is 2.22. The van der Waals surface area contributed by atoms with Crippen molar-refractivity contribution in [2.24, 2.45) is 5.10 Å². The molecule has 0 aliphatic carbocycles. The van der Waals surface area contributed by atoms with Gasteiger partial charge in [-0.2, -0.15) is 18.4 Å². The normalized spacial score (nSPS) is 12.0. The van der Waals surface area contributed by atoms with Gasteiger partial charge in [0, 0.05) is 0 Å². The average molecular weight is 322 g/mol. The van der Waals surface area contributed by atoms with E-state index in [1.807, 2.05) is 0 Å². The fourth-order valence-electron chi connectivity index (χ4n) is 1.69. The molecule has 0 aromatic heterocycles. The Kier molecular flexibility index (Phi) is 4.77. The average Bonchev–Trinajstić information content (AvgIpc) is 2.53. The van der Waals surface area contributed by atoms with Crippen LogP contribution in [0, 0.1) is 5.82 Å². The molecule has 0 radical (unpaired) electrons. The number of hydrogen-bond donors (Lipinski definition) is 1. The van der Waals surface area contributed by atoms with Crippen molar-refractivity contribution in [2.75, 3.05) is 7.11 Å². The molecular formula is C15H15FN2O3S. The summed E-state index contributed by atoms with van der Waals surface area (Å²) in [7, 11) is -2.27. The van der Waals surface area contributed by atoms with E-state index >= 15 is 0 Å². The largest absolute Gasteiger partial charge is 0.497 e. The molecule has 0 atom stereocenters. The molecule has 0 unspecified atom stereocenters. The first-order chi connectivity index (χ1) is 10.4. The third-order valence-corrected chi connectivity index (χ3v) is 4.19. The maximum absolute atomic E-state index is 12.8. The van der Waals surface area contributed by atoms with Gasteiger partial charge in [0.1, 0.15) is 11.6 Å². The Morgan fingerprint density at radius 3 is 2.23 bits per heavy atom. The van der Waals surface area contributed by atoms with Crippen LogP contribution in [0.5, 0.6) is 5.75 Å². The lowest BCUT2D eigenvalue weighted by atomic mass is 10.1. The fraction of sp³-hybridized carbons (Fsp3) is 0.133. The first-order valence-corrected chi connectivity index (χ1v) is 7.87. The summed E-state index contributed by atoms with van der Waals surface area (Å²) < 4.78 is 42.0. The highest BCUT2D eigenvalue weighted by Crippen LogP contribution is 2.15. The molecular weight excluding hydrogens is 307 g/mol. The van der Waals surface area contributed by atoms with Gasteiger partial charge in [0.2, 0.25) is 0 Å². The van der Waals surface area contributed by atoms with E-state index < -0.39 is 10.0 Å². The summed E-state index contributed by atoms with van der Waals surface area (Å²) in [5.74, 6) is 0.195. The molecule has 0 saturated heterocycles. The number of halogens is 1. The van der Waals surface area contributed by atoms with Crippen molar-refractivity contribution in [3.8, 4) is 5.75 Å². The first kappa shape index (κ1) is 16.0. The number of benzene rings is 2. The number of ether oxygens (including phenoxy) is 1. The van der Waals surface area contributed by atoms with Crippen LogP contribution >= 0.6 is 0 Å². The van der Waals surface area contributed by atoms with Gasteiger partial charge in [0.15, 0.2) is 0 Å². The van der Waals surface area contributed by atoms with Crippen LogP contribution < -0.4 is 9.57 Å². The SMILES string of the molecule is COc1ccc(S(=O)(=O)N/N=C(\C)c2ccc(F)cc2)cc1. The molecule has 116 valence electrons. The smallest absolute Gasteiger partial charge is 0.276 e. The Hall–Kier alpha value is -2.41. The van der Waals surface area contributed by atoms with E-state index in [0.29, 0.717) is 17.0 Å². The van der Waals surface area contributed by atoms with Crippen LogP contribution in [0.25, 0.3) is 0 Å². The van der Waals surface area contributed by atoms with E-state index in [-0.39, 0.29) is 10.7 Å². The predicted octanol–water partition coefficient (Wildman–Crippen LogP) is 2.54. The van der Waals surface area contributed by atoms with Gasteiger partial charge in [0.25, 0.3) is 10.0 Å². The molecule has 5 nitrogen and oxygen atoms in total. The quantitative estimate of drug-likeness (QED) is 0.679. The molecule has 0 aliphatic heterocycles. The van der Waals surface area contributed by atoms with Gasteiger partial charge >= 0.3 is 0 Å². The summed E-state index contributed by atoms with van der Waals surface area (Å²) in [6, 6.07) is 11.5. The van der Waals surface area contributed by atoms with Gasteiger partial charge in [-0.25, -0.2) is 4.39 Å². The maximum atomic E-state index is 12.8. The highest BCUT2D eigenvalue weighted by atomic mass is 32.2. The topological polar surface area (TPSA) is 67.8 Å². The van der Waals surface area contributed by atoms with Crippen molar-refractivity contribution in [2.45, 2.75) is 11.8 Å². The Morgan fingerprint density at radius 1 is 1.09 bits per heavy atom. The third-order valence-electron chi connectivity index (χ3n) is 2.97. The molecule has 0 fully saturated rings. The van der Waals surface area contributed by atoms with Gasteiger partial charge in [-0.15, -0.1) is 0 Å². The van der Waals surface area contributed by atoms with Crippen LogP contribution in [0.1, 0.15) is 12.5 Å². The zero-order valence-electron chi connectivity index (χ0n) is 12.1. The van der Waals surface area contributed by atoms with Crippen LogP contribution in [0.4, 0.5) is 4.39 Å². The summed E-state index contributed by atoms with van der Waals surface area (Å²) >= 11 is 0. The van der Waals surface area contributed by atoms with Crippen LogP contribution in [0.2, 0.25) is 0 Å². The Balaban J connectivity index is 2.17. The van der Waals surface area contributed by atoms with E-state index in [2.05, 4.69) is 9.93 Å². The van der Waals surface area contributed by atoms with Crippen LogP contribution in [0.15, 0.2) is 58.5 Å². The van der Waals surface area contributed by atoms with E-state index in [4.69, 9.17) is 4.74 Å². The van der Waals surface area contributed by atoms with Gasteiger partial charge in [0.05, 0.1) is 17.7 Å². The van der Waals surface area contributed by atoms with Crippen LogP contribution in [-0.4, -0.2) is 21.2 Å². The number of sulfonamides is 1. The lowest BCUT2D eigenvalue weighted by Gasteiger charge is -2.06. The van der Waals surface area contributed by atoms with E-state index in [1.54, 1.807) is 19.1 Å². The van der Waals surface area contributed by atoms with Crippen molar-refractivity contribution >= 4 is 15.7 Å². The number of nitrogens with one attached hydrogen (secondary N) is 1. The first-order valence-electron chi connectivity index (χ1n) is 6.38. The lowest BCUT2D eigenvalue weighted by Crippen LogP contribution is -2.19. The molecule has 2 rings (SSSR count). The molecule has 0 bridgehead atoms. The minimum atomic E-state index is -3.76. The van der Waals surface area contributed by atoms with E-state index in [1.165, 1.54) is 43.5 Å². The molecule has 0 amide bonds. The number of hydrogen-bond acceptors (Lipinski definition) is 4. The van der Waals surface area contributed by atoms with E-state index in [9.17, 15) is 12.8 Å². The monoisotopic (exact) mass is 322 g/mol. The zero-order valence-corrected chi connectivity index (χ0v) is 12.9. The van der Waals surface area contributed by atoms with Crippen molar-refractivity contribution in [1.82, 2.24) is 4.83 Å². The van der Waals surface area contributed by atoms with Gasteiger partial charge in [-0.1, -0.05) is 12.1 Å². The van der Waals surface area contributed by atoms with Gasteiger partial charge in [-0.3, -0.25) is 0 Å². The standard InChI is InChI=1S/C15H15FN2O3S/c1-11(12-3-5-13(16)6-4-12)17-18-22(19,20)15-9-7-14(21-2)8-10-15/h3-10,18H,1-2H3/b17-11+. The molecule has 0 aliphatic rings. The van der Waals surface area contributed by atoms with Crippen molar-refractivity contribution in [3.63, 3.8) is 0 Å². The maximum Gasteiger partial charge on any atom is 0.276 e. The molecule has 0 spiro atoms. The Labute approximate surface area is 128 Å². The van der Waals surface area contributed by atoms with Crippen LogP contribution in [0.3, 0.4) is 0 Å². The molecule has 7 heteroatoms. The number of hydrazone groups is 1. The molecule has 0 heterocycles. The third kappa shape index (κ3) is 3.82. The number of rotatable bonds is 5. The molecule has 2 aromatic carbocycles. The summed E-state index contributed by atoms with van der Waals surface area (Å²) in [6.07, 6.45) is 0. The molecule has 2 aromatic rings. The number of nitrogens with zero attached hydrogens (tertiary/aromatic N) is 1. The highest BCUT2D eigenvalue weighted by molar-refractivity contribution is 7.89. The van der Waals surface area contributed by atoms with Gasteiger partial charge < -0.3 is 4.74 Å². The van der Waals surface area contributed by atoms with E-state index in [0.717, 1.165) is 0 Å². The van der Waals surface area contributed by atoms with Gasteiger partial charge in [-0.05, 0) is 48.9 Å². The second kappa shape index (κ2) is 6.57.